The molecule has 7 nitrogen and oxygen atoms in total. The summed E-state index contributed by atoms with van der Waals surface area (Å²) in [6.45, 7) is 3.05. The number of aromatic nitrogens is 3. The average Bonchev–Trinajstić information content (AvgIpc) is 3.12. The van der Waals surface area contributed by atoms with Crippen LogP contribution in [-0.2, 0) is 11.2 Å². The van der Waals surface area contributed by atoms with E-state index in [1.54, 1.807) is 17.2 Å². The van der Waals surface area contributed by atoms with Gasteiger partial charge < -0.3 is 19.9 Å². The summed E-state index contributed by atoms with van der Waals surface area (Å²) in [6, 6.07) is 9.89. The highest BCUT2D eigenvalue weighted by Gasteiger charge is 2.20. The van der Waals surface area contributed by atoms with Crippen molar-refractivity contribution in [1.29, 1.82) is 0 Å². The van der Waals surface area contributed by atoms with Gasteiger partial charge in [0.05, 0.1) is 13.2 Å². The van der Waals surface area contributed by atoms with Crippen LogP contribution in [-0.4, -0.2) is 58.6 Å². The molecule has 0 spiro atoms. The number of anilines is 1. The number of fused-ring (bicyclic) bond motifs is 1. The SMILES string of the molecule is O=C(c1ccnc(NCCc2c[nH]c3ccccc23)n1)N1CCOCC1. The highest BCUT2D eigenvalue weighted by atomic mass is 16.5. The van der Waals surface area contributed by atoms with Gasteiger partial charge in [-0.15, -0.1) is 0 Å². The maximum atomic E-state index is 12.5. The lowest BCUT2D eigenvalue weighted by atomic mass is 10.1. The van der Waals surface area contributed by atoms with Crippen molar-refractivity contribution in [2.45, 2.75) is 6.42 Å². The van der Waals surface area contributed by atoms with E-state index >= 15 is 0 Å². The van der Waals surface area contributed by atoms with Gasteiger partial charge in [0.1, 0.15) is 5.69 Å². The molecular formula is C19H21N5O2. The van der Waals surface area contributed by atoms with Crippen LogP contribution in [0.3, 0.4) is 0 Å². The Bertz CT molecular complexity index is 902. The van der Waals surface area contributed by atoms with Gasteiger partial charge in [-0.25, -0.2) is 9.97 Å². The highest BCUT2D eigenvalue weighted by molar-refractivity contribution is 5.92. The number of hydrogen-bond acceptors (Lipinski definition) is 5. The third-order valence-corrected chi connectivity index (χ3v) is 4.53. The standard InChI is InChI=1S/C19H21N5O2/c25-18(24-9-11-26-12-10-24)17-6-8-21-19(23-17)20-7-5-14-13-22-16-4-2-1-3-15(14)16/h1-4,6,8,13,22H,5,7,9-12H2,(H,20,21,23). The van der Waals surface area contributed by atoms with Crippen molar-refractivity contribution in [1.82, 2.24) is 19.9 Å². The molecule has 0 saturated carbocycles. The minimum Gasteiger partial charge on any atom is -0.378 e. The number of rotatable bonds is 5. The Balaban J connectivity index is 1.38. The number of amides is 1. The summed E-state index contributed by atoms with van der Waals surface area (Å²) in [5, 5.41) is 4.44. The summed E-state index contributed by atoms with van der Waals surface area (Å²) < 4.78 is 5.29. The van der Waals surface area contributed by atoms with Gasteiger partial charge >= 0.3 is 0 Å². The zero-order valence-electron chi connectivity index (χ0n) is 14.4. The lowest BCUT2D eigenvalue weighted by Crippen LogP contribution is -2.41. The van der Waals surface area contributed by atoms with E-state index in [9.17, 15) is 4.79 Å². The van der Waals surface area contributed by atoms with E-state index < -0.39 is 0 Å². The molecule has 0 bridgehead atoms. The molecule has 0 aliphatic carbocycles. The van der Waals surface area contributed by atoms with Crippen molar-refractivity contribution in [3.8, 4) is 0 Å². The highest BCUT2D eigenvalue weighted by Crippen LogP contribution is 2.18. The first-order chi connectivity index (χ1) is 12.8. The molecule has 1 fully saturated rings. The van der Waals surface area contributed by atoms with Crippen molar-refractivity contribution < 1.29 is 9.53 Å². The Morgan fingerprint density at radius 1 is 1.23 bits per heavy atom. The van der Waals surface area contributed by atoms with Crippen LogP contribution in [0.4, 0.5) is 5.95 Å². The van der Waals surface area contributed by atoms with Crippen molar-refractivity contribution >= 4 is 22.8 Å². The number of nitrogens with one attached hydrogen (secondary N) is 2. The van der Waals surface area contributed by atoms with Gasteiger partial charge in [0, 0.05) is 42.9 Å². The second kappa shape index (κ2) is 7.53. The molecule has 134 valence electrons. The van der Waals surface area contributed by atoms with Gasteiger partial charge in [-0.2, -0.15) is 0 Å². The number of hydrogen-bond donors (Lipinski definition) is 2. The number of morpholine rings is 1. The van der Waals surface area contributed by atoms with Crippen molar-refractivity contribution in [2.75, 3.05) is 38.2 Å². The third-order valence-electron chi connectivity index (χ3n) is 4.53. The molecular weight excluding hydrogens is 330 g/mol. The molecule has 7 heteroatoms. The van der Waals surface area contributed by atoms with Gasteiger partial charge in [-0.05, 0) is 24.1 Å². The number of nitrogens with zero attached hydrogens (tertiary/aromatic N) is 3. The molecule has 0 unspecified atom stereocenters. The van der Waals surface area contributed by atoms with Crippen LogP contribution in [0.1, 0.15) is 16.1 Å². The molecule has 3 heterocycles. The molecule has 0 atom stereocenters. The summed E-state index contributed by atoms with van der Waals surface area (Å²) in [4.78, 5) is 26.1. The molecule has 2 aromatic heterocycles. The van der Waals surface area contributed by atoms with Gasteiger partial charge in [-0.1, -0.05) is 18.2 Å². The van der Waals surface area contributed by atoms with Crippen LogP contribution < -0.4 is 5.32 Å². The molecule has 0 radical (unpaired) electrons. The van der Waals surface area contributed by atoms with Crippen molar-refractivity contribution in [2.24, 2.45) is 0 Å². The van der Waals surface area contributed by atoms with Crippen LogP contribution >= 0.6 is 0 Å². The fourth-order valence-corrected chi connectivity index (χ4v) is 3.14. The summed E-state index contributed by atoms with van der Waals surface area (Å²) in [6.07, 6.45) is 4.50. The topological polar surface area (TPSA) is 83.1 Å². The summed E-state index contributed by atoms with van der Waals surface area (Å²) in [5.41, 5.74) is 2.79. The van der Waals surface area contributed by atoms with E-state index in [1.807, 2.05) is 18.3 Å². The molecule has 1 amide bonds. The van der Waals surface area contributed by atoms with Crippen LogP contribution in [0.15, 0.2) is 42.7 Å². The van der Waals surface area contributed by atoms with Crippen LogP contribution in [0.25, 0.3) is 10.9 Å². The monoisotopic (exact) mass is 351 g/mol. The maximum Gasteiger partial charge on any atom is 0.272 e. The Labute approximate surface area is 151 Å². The number of aromatic amines is 1. The molecule has 1 aliphatic heterocycles. The lowest BCUT2D eigenvalue weighted by Gasteiger charge is -2.26. The normalized spacial score (nSPS) is 14.5. The summed E-state index contributed by atoms with van der Waals surface area (Å²) in [7, 11) is 0. The van der Waals surface area contributed by atoms with Crippen LogP contribution in [0.2, 0.25) is 0 Å². The van der Waals surface area contributed by atoms with E-state index in [-0.39, 0.29) is 5.91 Å². The Morgan fingerprint density at radius 2 is 2.08 bits per heavy atom. The second-order valence-corrected chi connectivity index (χ2v) is 6.21. The second-order valence-electron chi connectivity index (χ2n) is 6.21. The molecule has 1 saturated heterocycles. The van der Waals surface area contributed by atoms with E-state index in [0.29, 0.717) is 44.5 Å². The average molecular weight is 351 g/mol. The Morgan fingerprint density at radius 3 is 2.96 bits per heavy atom. The molecule has 26 heavy (non-hydrogen) atoms. The lowest BCUT2D eigenvalue weighted by molar-refractivity contribution is 0.0299. The predicted molar refractivity (Wildman–Crippen MR) is 99.2 cm³/mol. The predicted octanol–water partition coefficient (Wildman–Crippen LogP) is 2.08. The van der Waals surface area contributed by atoms with Crippen molar-refractivity contribution in [3.63, 3.8) is 0 Å². The maximum absolute atomic E-state index is 12.5. The fourth-order valence-electron chi connectivity index (χ4n) is 3.14. The molecule has 2 N–H and O–H groups in total. The van der Waals surface area contributed by atoms with E-state index in [2.05, 4.69) is 32.4 Å². The minimum atomic E-state index is -0.0737. The van der Waals surface area contributed by atoms with E-state index in [1.165, 1.54) is 10.9 Å². The molecule has 1 aliphatic rings. The first-order valence-corrected chi connectivity index (χ1v) is 8.80. The number of ether oxygens (including phenoxy) is 1. The molecule has 4 rings (SSSR count). The minimum absolute atomic E-state index is 0.0737. The molecule has 1 aromatic carbocycles. The van der Waals surface area contributed by atoms with Gasteiger partial charge in [0.15, 0.2) is 0 Å². The third kappa shape index (κ3) is 3.52. The summed E-state index contributed by atoms with van der Waals surface area (Å²) >= 11 is 0. The largest absolute Gasteiger partial charge is 0.378 e. The summed E-state index contributed by atoms with van der Waals surface area (Å²) in [5.74, 6) is 0.402. The number of carbonyl (C=O) groups is 1. The van der Waals surface area contributed by atoms with Crippen molar-refractivity contribution in [3.05, 3.63) is 54.0 Å². The fraction of sp³-hybridized carbons (Fsp3) is 0.316. The zero-order chi connectivity index (χ0) is 17.8. The zero-order valence-corrected chi connectivity index (χ0v) is 14.4. The van der Waals surface area contributed by atoms with Gasteiger partial charge in [0.25, 0.3) is 5.91 Å². The number of para-hydroxylation sites is 1. The van der Waals surface area contributed by atoms with Crippen LogP contribution in [0, 0.1) is 0 Å². The number of carbonyl (C=O) groups excluding carboxylic acids is 1. The first kappa shape index (κ1) is 16.5. The number of H-pyrrole nitrogens is 1. The van der Waals surface area contributed by atoms with Crippen LogP contribution in [0.5, 0.6) is 0 Å². The Hall–Kier alpha value is -2.93. The molecule has 3 aromatic rings. The Kier molecular flexibility index (Phi) is 4.79. The smallest absolute Gasteiger partial charge is 0.272 e. The first-order valence-electron chi connectivity index (χ1n) is 8.80. The quantitative estimate of drug-likeness (QED) is 0.735. The van der Waals surface area contributed by atoms with E-state index in [0.717, 1.165) is 11.9 Å². The van der Waals surface area contributed by atoms with Gasteiger partial charge in [0.2, 0.25) is 5.95 Å². The van der Waals surface area contributed by atoms with Gasteiger partial charge in [-0.3, -0.25) is 4.79 Å². The number of benzene rings is 1. The van der Waals surface area contributed by atoms with E-state index in [4.69, 9.17) is 4.74 Å².